The zero-order valence-electron chi connectivity index (χ0n) is 10.7. The Bertz CT molecular complexity index is 249. The predicted octanol–water partition coefficient (Wildman–Crippen LogP) is 1.65. The molecule has 98 valence electrons. The number of carbonyl (C=O) groups is 1. The van der Waals surface area contributed by atoms with E-state index in [2.05, 4.69) is 4.90 Å². The molecule has 2 rings (SSSR count). The van der Waals surface area contributed by atoms with E-state index < -0.39 is 0 Å². The van der Waals surface area contributed by atoms with Crippen LogP contribution in [0.2, 0.25) is 0 Å². The number of nitrogens with zero attached hydrogens (tertiary/aromatic N) is 2. The van der Waals surface area contributed by atoms with Crippen LogP contribution in [-0.2, 0) is 0 Å². The van der Waals surface area contributed by atoms with Gasteiger partial charge in [-0.3, -0.25) is 0 Å². The van der Waals surface area contributed by atoms with Gasteiger partial charge in [-0.1, -0.05) is 12.8 Å². The van der Waals surface area contributed by atoms with Crippen LogP contribution in [0.15, 0.2) is 0 Å². The fraction of sp³-hybridized carbons (Fsp3) is 0.923. The molecule has 4 nitrogen and oxygen atoms in total. The third-order valence-corrected chi connectivity index (χ3v) is 4.01. The standard InChI is InChI=1S/C13H25N3O/c14-7-5-12-6-10-16(11-12)13(17)15-8-3-1-2-4-9-15/h12H,1-11,14H2. The summed E-state index contributed by atoms with van der Waals surface area (Å²) in [6.07, 6.45) is 7.09. The van der Waals surface area contributed by atoms with Crippen LogP contribution >= 0.6 is 0 Å². The van der Waals surface area contributed by atoms with Crippen molar-refractivity contribution in [3.8, 4) is 0 Å². The number of carbonyl (C=O) groups excluding carboxylic acids is 1. The highest BCUT2D eigenvalue weighted by atomic mass is 16.2. The molecule has 17 heavy (non-hydrogen) atoms. The molecule has 2 aliphatic heterocycles. The number of likely N-dealkylation sites (tertiary alicyclic amines) is 2. The van der Waals surface area contributed by atoms with Crippen LogP contribution in [0.1, 0.15) is 38.5 Å². The molecule has 0 aromatic rings. The van der Waals surface area contributed by atoms with Gasteiger partial charge in [-0.2, -0.15) is 0 Å². The van der Waals surface area contributed by atoms with Crippen LogP contribution in [0.25, 0.3) is 0 Å². The van der Waals surface area contributed by atoms with Gasteiger partial charge in [-0.05, 0) is 38.1 Å². The lowest BCUT2D eigenvalue weighted by Crippen LogP contribution is -2.42. The van der Waals surface area contributed by atoms with Gasteiger partial charge >= 0.3 is 6.03 Å². The van der Waals surface area contributed by atoms with Crippen LogP contribution in [0.4, 0.5) is 4.79 Å². The molecule has 0 aromatic heterocycles. The molecular formula is C13H25N3O. The molecule has 1 atom stereocenters. The SMILES string of the molecule is NCCC1CCN(C(=O)N2CCCCCC2)C1. The van der Waals surface area contributed by atoms with Crippen molar-refractivity contribution in [2.24, 2.45) is 11.7 Å². The van der Waals surface area contributed by atoms with Crippen molar-refractivity contribution < 1.29 is 4.79 Å². The van der Waals surface area contributed by atoms with Gasteiger partial charge in [0.25, 0.3) is 0 Å². The largest absolute Gasteiger partial charge is 0.330 e. The molecule has 2 saturated heterocycles. The summed E-state index contributed by atoms with van der Waals surface area (Å²) in [7, 11) is 0. The summed E-state index contributed by atoms with van der Waals surface area (Å²) < 4.78 is 0. The van der Waals surface area contributed by atoms with E-state index in [1.165, 1.54) is 25.7 Å². The second-order valence-corrected chi connectivity index (χ2v) is 5.36. The van der Waals surface area contributed by atoms with E-state index >= 15 is 0 Å². The van der Waals surface area contributed by atoms with Crippen LogP contribution in [0, 0.1) is 5.92 Å². The van der Waals surface area contributed by atoms with Crippen molar-refractivity contribution in [1.82, 2.24) is 9.80 Å². The van der Waals surface area contributed by atoms with Gasteiger partial charge in [0.2, 0.25) is 0 Å². The lowest BCUT2D eigenvalue weighted by molar-refractivity contribution is 0.162. The van der Waals surface area contributed by atoms with E-state index in [0.717, 1.165) is 45.6 Å². The van der Waals surface area contributed by atoms with Gasteiger partial charge in [-0.15, -0.1) is 0 Å². The topological polar surface area (TPSA) is 49.6 Å². The van der Waals surface area contributed by atoms with E-state index in [4.69, 9.17) is 5.73 Å². The van der Waals surface area contributed by atoms with Crippen molar-refractivity contribution in [3.05, 3.63) is 0 Å². The van der Waals surface area contributed by atoms with Gasteiger partial charge in [0, 0.05) is 26.2 Å². The molecule has 2 fully saturated rings. The number of amides is 2. The van der Waals surface area contributed by atoms with Gasteiger partial charge in [-0.25, -0.2) is 4.79 Å². The molecule has 0 saturated carbocycles. The summed E-state index contributed by atoms with van der Waals surface area (Å²) >= 11 is 0. The lowest BCUT2D eigenvalue weighted by Gasteiger charge is -2.27. The third kappa shape index (κ3) is 3.35. The first kappa shape index (κ1) is 12.7. The predicted molar refractivity (Wildman–Crippen MR) is 68.8 cm³/mol. The molecule has 0 radical (unpaired) electrons. The van der Waals surface area contributed by atoms with Gasteiger partial charge in [0.05, 0.1) is 0 Å². The van der Waals surface area contributed by atoms with Gasteiger partial charge in [0.1, 0.15) is 0 Å². The molecule has 2 heterocycles. The van der Waals surface area contributed by atoms with E-state index in [0.29, 0.717) is 5.92 Å². The maximum atomic E-state index is 12.3. The van der Waals surface area contributed by atoms with Gasteiger partial charge < -0.3 is 15.5 Å². The van der Waals surface area contributed by atoms with Crippen LogP contribution in [0.5, 0.6) is 0 Å². The second-order valence-electron chi connectivity index (χ2n) is 5.36. The van der Waals surface area contributed by atoms with E-state index in [-0.39, 0.29) is 6.03 Å². The fourth-order valence-electron chi connectivity index (χ4n) is 2.94. The summed E-state index contributed by atoms with van der Waals surface area (Å²) in [5, 5.41) is 0. The molecule has 1 unspecified atom stereocenters. The summed E-state index contributed by atoms with van der Waals surface area (Å²) in [4.78, 5) is 16.4. The van der Waals surface area contributed by atoms with Crippen LogP contribution in [-0.4, -0.2) is 48.6 Å². The average molecular weight is 239 g/mol. The first-order valence-corrected chi connectivity index (χ1v) is 7.05. The second kappa shape index (κ2) is 6.24. The van der Waals surface area contributed by atoms with Gasteiger partial charge in [0.15, 0.2) is 0 Å². The summed E-state index contributed by atoms with van der Waals surface area (Å²) in [6.45, 7) is 4.51. The molecule has 0 aromatic carbocycles. The fourth-order valence-corrected chi connectivity index (χ4v) is 2.94. The molecule has 2 aliphatic rings. The molecule has 2 N–H and O–H groups in total. The average Bonchev–Trinajstić information content (AvgIpc) is 2.64. The Kier molecular flexibility index (Phi) is 4.66. The minimum absolute atomic E-state index is 0.270. The molecule has 0 spiro atoms. The Morgan fingerprint density at radius 2 is 1.76 bits per heavy atom. The van der Waals surface area contributed by atoms with Crippen molar-refractivity contribution >= 4 is 6.03 Å². The van der Waals surface area contributed by atoms with E-state index in [9.17, 15) is 4.79 Å². The third-order valence-electron chi connectivity index (χ3n) is 4.01. The Morgan fingerprint density at radius 3 is 2.41 bits per heavy atom. The normalized spacial score (nSPS) is 26.1. The van der Waals surface area contributed by atoms with Crippen molar-refractivity contribution in [2.45, 2.75) is 38.5 Å². The lowest BCUT2D eigenvalue weighted by atomic mass is 10.1. The van der Waals surface area contributed by atoms with Crippen molar-refractivity contribution in [3.63, 3.8) is 0 Å². The van der Waals surface area contributed by atoms with E-state index in [1.54, 1.807) is 0 Å². The first-order valence-electron chi connectivity index (χ1n) is 7.05. The number of nitrogens with two attached hydrogens (primary N) is 1. The summed E-state index contributed by atoms with van der Waals surface area (Å²) in [5.41, 5.74) is 5.58. The zero-order chi connectivity index (χ0) is 12.1. The van der Waals surface area contributed by atoms with Crippen molar-refractivity contribution in [2.75, 3.05) is 32.7 Å². The van der Waals surface area contributed by atoms with Crippen LogP contribution in [0.3, 0.4) is 0 Å². The highest BCUT2D eigenvalue weighted by Crippen LogP contribution is 2.21. The van der Waals surface area contributed by atoms with Crippen molar-refractivity contribution in [1.29, 1.82) is 0 Å². The number of hydrogen-bond acceptors (Lipinski definition) is 2. The Labute approximate surface area is 104 Å². The minimum Gasteiger partial charge on any atom is -0.330 e. The Morgan fingerprint density at radius 1 is 1.06 bits per heavy atom. The monoisotopic (exact) mass is 239 g/mol. The Balaban J connectivity index is 1.83. The van der Waals surface area contributed by atoms with E-state index in [1.807, 2.05) is 4.90 Å². The maximum Gasteiger partial charge on any atom is 0.320 e. The summed E-state index contributed by atoms with van der Waals surface area (Å²) in [6, 6.07) is 0.270. The highest BCUT2D eigenvalue weighted by Gasteiger charge is 2.28. The highest BCUT2D eigenvalue weighted by molar-refractivity contribution is 5.74. The summed E-state index contributed by atoms with van der Waals surface area (Å²) in [5.74, 6) is 0.635. The number of hydrogen-bond donors (Lipinski definition) is 1. The molecule has 2 amide bonds. The molecule has 4 heteroatoms. The molecular weight excluding hydrogens is 214 g/mol. The quantitative estimate of drug-likeness (QED) is 0.796. The number of urea groups is 1. The van der Waals surface area contributed by atoms with Crippen LogP contribution < -0.4 is 5.73 Å². The maximum absolute atomic E-state index is 12.3. The zero-order valence-corrected chi connectivity index (χ0v) is 10.7. The minimum atomic E-state index is 0.270. The smallest absolute Gasteiger partial charge is 0.320 e. The Hall–Kier alpha value is -0.770. The first-order chi connectivity index (χ1) is 8.31. The molecule has 0 bridgehead atoms. The molecule has 0 aliphatic carbocycles. The number of rotatable bonds is 2.